The van der Waals surface area contributed by atoms with Gasteiger partial charge in [-0.25, -0.2) is 0 Å². The van der Waals surface area contributed by atoms with E-state index in [1.807, 2.05) is 0 Å². The van der Waals surface area contributed by atoms with Gasteiger partial charge in [-0.15, -0.1) is 0 Å². The normalized spacial score (nSPS) is 21.8. The minimum absolute atomic E-state index is 0.459. The SMILES string of the molecule is CCCNC(C)c1cccc(N2CC3(CC3)C2)c1. The van der Waals surface area contributed by atoms with E-state index < -0.39 is 0 Å². The van der Waals surface area contributed by atoms with Gasteiger partial charge < -0.3 is 10.2 Å². The van der Waals surface area contributed by atoms with Crippen LogP contribution in [0.15, 0.2) is 24.3 Å². The van der Waals surface area contributed by atoms with Gasteiger partial charge in [0.15, 0.2) is 0 Å². The van der Waals surface area contributed by atoms with Crippen molar-refractivity contribution in [2.24, 2.45) is 5.41 Å². The number of benzene rings is 1. The summed E-state index contributed by atoms with van der Waals surface area (Å²) in [6, 6.07) is 9.52. The third-order valence-corrected chi connectivity index (χ3v) is 4.45. The molecule has 1 N–H and O–H groups in total. The lowest BCUT2D eigenvalue weighted by atomic mass is 9.95. The van der Waals surface area contributed by atoms with Crippen LogP contribution < -0.4 is 10.2 Å². The summed E-state index contributed by atoms with van der Waals surface area (Å²) in [5, 5.41) is 3.56. The Morgan fingerprint density at radius 3 is 2.78 bits per heavy atom. The van der Waals surface area contributed by atoms with Crippen molar-refractivity contribution in [3.63, 3.8) is 0 Å². The van der Waals surface area contributed by atoms with Crippen molar-refractivity contribution in [1.82, 2.24) is 5.32 Å². The highest BCUT2D eigenvalue weighted by Crippen LogP contribution is 2.53. The van der Waals surface area contributed by atoms with E-state index in [1.165, 1.54) is 43.6 Å². The largest absolute Gasteiger partial charge is 0.370 e. The molecule has 1 saturated heterocycles. The maximum Gasteiger partial charge on any atom is 0.0369 e. The van der Waals surface area contributed by atoms with Crippen molar-refractivity contribution in [3.05, 3.63) is 29.8 Å². The van der Waals surface area contributed by atoms with Crippen molar-refractivity contribution in [2.75, 3.05) is 24.5 Å². The van der Waals surface area contributed by atoms with Crippen LogP contribution in [0.3, 0.4) is 0 Å². The molecule has 1 saturated carbocycles. The Bertz CT molecular complexity index is 415. The molecule has 3 rings (SSSR count). The molecule has 1 aliphatic carbocycles. The molecule has 1 atom stereocenters. The minimum atomic E-state index is 0.459. The van der Waals surface area contributed by atoms with Gasteiger partial charge in [0.2, 0.25) is 0 Å². The highest BCUT2D eigenvalue weighted by Gasteiger charge is 2.52. The van der Waals surface area contributed by atoms with Crippen LogP contribution in [0, 0.1) is 5.41 Å². The molecule has 0 radical (unpaired) electrons. The Morgan fingerprint density at radius 2 is 2.11 bits per heavy atom. The molecular formula is C16H24N2. The summed E-state index contributed by atoms with van der Waals surface area (Å²) in [7, 11) is 0. The van der Waals surface area contributed by atoms with Crippen LogP contribution in [0.4, 0.5) is 5.69 Å². The molecule has 18 heavy (non-hydrogen) atoms. The Kier molecular flexibility index (Phi) is 3.06. The molecule has 1 unspecified atom stereocenters. The number of rotatable bonds is 5. The van der Waals surface area contributed by atoms with E-state index in [2.05, 4.69) is 48.3 Å². The Labute approximate surface area is 110 Å². The van der Waals surface area contributed by atoms with Crippen LogP contribution in [0.25, 0.3) is 0 Å². The average molecular weight is 244 g/mol. The maximum atomic E-state index is 3.56. The first-order valence-electron chi connectivity index (χ1n) is 7.31. The minimum Gasteiger partial charge on any atom is -0.370 e. The molecule has 1 aromatic rings. The lowest BCUT2D eigenvalue weighted by Crippen LogP contribution is -2.48. The molecule has 2 aliphatic rings. The van der Waals surface area contributed by atoms with Crippen molar-refractivity contribution in [3.8, 4) is 0 Å². The van der Waals surface area contributed by atoms with Crippen molar-refractivity contribution in [1.29, 1.82) is 0 Å². The van der Waals surface area contributed by atoms with E-state index in [4.69, 9.17) is 0 Å². The standard InChI is InChI=1S/C16H24N2/c1-3-9-17-13(2)14-5-4-6-15(10-14)18-11-16(12-18)7-8-16/h4-6,10,13,17H,3,7-9,11-12H2,1-2H3. The second-order valence-corrected chi connectivity index (χ2v) is 6.13. The van der Waals surface area contributed by atoms with Crippen LogP contribution in [0.2, 0.25) is 0 Å². The molecule has 0 bridgehead atoms. The Hall–Kier alpha value is -1.02. The van der Waals surface area contributed by atoms with Crippen molar-refractivity contribution in [2.45, 2.75) is 39.2 Å². The lowest BCUT2D eigenvalue weighted by Gasteiger charge is -2.42. The summed E-state index contributed by atoms with van der Waals surface area (Å²) in [5.74, 6) is 0. The third kappa shape index (κ3) is 2.26. The number of nitrogens with zero attached hydrogens (tertiary/aromatic N) is 1. The van der Waals surface area contributed by atoms with Crippen LogP contribution in [-0.2, 0) is 0 Å². The van der Waals surface area contributed by atoms with Gasteiger partial charge in [0.25, 0.3) is 0 Å². The van der Waals surface area contributed by atoms with Crippen molar-refractivity contribution < 1.29 is 0 Å². The zero-order valence-corrected chi connectivity index (χ0v) is 11.6. The van der Waals surface area contributed by atoms with Crippen LogP contribution in [-0.4, -0.2) is 19.6 Å². The quantitative estimate of drug-likeness (QED) is 0.854. The zero-order valence-electron chi connectivity index (χ0n) is 11.6. The summed E-state index contributed by atoms with van der Waals surface area (Å²) >= 11 is 0. The van der Waals surface area contributed by atoms with E-state index in [0.717, 1.165) is 12.0 Å². The zero-order chi connectivity index (χ0) is 12.6. The first-order valence-corrected chi connectivity index (χ1v) is 7.31. The van der Waals surface area contributed by atoms with E-state index in [-0.39, 0.29) is 0 Å². The highest BCUT2D eigenvalue weighted by molar-refractivity contribution is 5.53. The molecular weight excluding hydrogens is 220 g/mol. The number of anilines is 1. The smallest absolute Gasteiger partial charge is 0.0369 e. The van der Waals surface area contributed by atoms with Crippen LogP contribution in [0.1, 0.15) is 44.7 Å². The van der Waals surface area contributed by atoms with Crippen LogP contribution in [0.5, 0.6) is 0 Å². The van der Waals surface area contributed by atoms with Crippen LogP contribution >= 0.6 is 0 Å². The van der Waals surface area contributed by atoms with Gasteiger partial charge >= 0.3 is 0 Å². The summed E-state index contributed by atoms with van der Waals surface area (Å²) in [6.45, 7) is 8.14. The van der Waals surface area contributed by atoms with E-state index in [0.29, 0.717) is 6.04 Å². The number of hydrogen-bond acceptors (Lipinski definition) is 2. The van der Waals surface area contributed by atoms with Crippen molar-refractivity contribution >= 4 is 5.69 Å². The van der Waals surface area contributed by atoms with Gasteiger partial charge in [-0.3, -0.25) is 0 Å². The number of nitrogens with one attached hydrogen (secondary N) is 1. The monoisotopic (exact) mass is 244 g/mol. The average Bonchev–Trinajstić information content (AvgIpc) is 3.14. The molecule has 2 nitrogen and oxygen atoms in total. The topological polar surface area (TPSA) is 15.3 Å². The molecule has 1 heterocycles. The predicted octanol–water partition coefficient (Wildman–Crippen LogP) is 3.35. The molecule has 1 aliphatic heterocycles. The predicted molar refractivity (Wildman–Crippen MR) is 77.0 cm³/mol. The van der Waals surface area contributed by atoms with Gasteiger partial charge in [-0.2, -0.15) is 0 Å². The van der Waals surface area contributed by atoms with E-state index >= 15 is 0 Å². The van der Waals surface area contributed by atoms with E-state index in [9.17, 15) is 0 Å². The summed E-state index contributed by atoms with van der Waals surface area (Å²) in [5.41, 5.74) is 3.56. The van der Waals surface area contributed by atoms with Gasteiger partial charge in [0.05, 0.1) is 0 Å². The summed E-state index contributed by atoms with van der Waals surface area (Å²) < 4.78 is 0. The summed E-state index contributed by atoms with van der Waals surface area (Å²) in [4.78, 5) is 2.53. The second-order valence-electron chi connectivity index (χ2n) is 6.13. The molecule has 1 aromatic carbocycles. The second kappa shape index (κ2) is 4.58. The fourth-order valence-corrected chi connectivity index (χ4v) is 2.91. The van der Waals surface area contributed by atoms with Gasteiger partial charge in [0, 0.05) is 30.2 Å². The van der Waals surface area contributed by atoms with Gasteiger partial charge in [-0.05, 0) is 50.4 Å². The maximum absolute atomic E-state index is 3.56. The Balaban J connectivity index is 1.65. The molecule has 2 heteroatoms. The third-order valence-electron chi connectivity index (χ3n) is 4.45. The fourth-order valence-electron chi connectivity index (χ4n) is 2.91. The van der Waals surface area contributed by atoms with Gasteiger partial charge in [0.1, 0.15) is 0 Å². The van der Waals surface area contributed by atoms with Gasteiger partial charge in [-0.1, -0.05) is 19.1 Å². The summed E-state index contributed by atoms with van der Waals surface area (Å²) in [6.07, 6.45) is 4.11. The molecule has 0 amide bonds. The fraction of sp³-hybridized carbons (Fsp3) is 0.625. The van der Waals surface area contributed by atoms with E-state index in [1.54, 1.807) is 0 Å². The molecule has 98 valence electrons. The Morgan fingerprint density at radius 1 is 1.33 bits per heavy atom. The lowest BCUT2D eigenvalue weighted by molar-refractivity contribution is 0.387. The first-order chi connectivity index (χ1) is 8.72. The number of hydrogen-bond donors (Lipinski definition) is 1. The molecule has 2 fully saturated rings. The molecule has 0 aromatic heterocycles. The first kappa shape index (κ1) is 12.0. The molecule has 1 spiro atoms. The highest BCUT2D eigenvalue weighted by atomic mass is 15.2.